The molecule has 0 heterocycles. The molecule has 12 atom stereocenters. The molecule has 0 rings (SSSR count). The molecule has 0 aliphatic rings. The third kappa shape index (κ3) is 16.8. The lowest BCUT2D eigenvalue weighted by Crippen LogP contribution is -2.63. The Bertz CT molecular complexity index is 1750. The van der Waals surface area contributed by atoms with Crippen molar-refractivity contribution in [3.05, 3.63) is 12.2 Å². The third-order valence-electron chi connectivity index (χ3n) is 11.3. The smallest absolute Gasteiger partial charge is 0.247 e. The van der Waals surface area contributed by atoms with E-state index in [0.717, 1.165) is 24.5 Å². The first-order valence-electron chi connectivity index (χ1n) is 21.2. The van der Waals surface area contributed by atoms with Crippen LogP contribution in [0.5, 0.6) is 0 Å². The summed E-state index contributed by atoms with van der Waals surface area (Å²) in [5.41, 5.74) is 0. The van der Waals surface area contributed by atoms with Crippen molar-refractivity contribution >= 4 is 65.9 Å². The Morgan fingerprint density at radius 3 is 1.38 bits per heavy atom. The van der Waals surface area contributed by atoms with Crippen LogP contribution in [-0.4, -0.2) is 209 Å². The van der Waals surface area contributed by atoms with Crippen molar-refractivity contribution in [2.75, 3.05) is 41.8 Å². The molecule has 0 radical (unpaired) electrons. The van der Waals surface area contributed by atoms with Crippen molar-refractivity contribution in [3.63, 3.8) is 0 Å². The Morgan fingerprint density at radius 1 is 0.523 bits per heavy atom. The zero-order chi connectivity index (χ0) is 50.8. The summed E-state index contributed by atoms with van der Waals surface area (Å²) >= 11 is 0. The van der Waals surface area contributed by atoms with Crippen LogP contribution in [0.15, 0.2) is 12.2 Å². The number of amides is 10. The first kappa shape index (κ1) is 59.0. The lowest BCUT2D eigenvalue weighted by molar-refractivity contribution is -0.152. The van der Waals surface area contributed by atoms with Gasteiger partial charge in [-0.05, 0) is 74.7 Å². The van der Waals surface area contributed by atoms with Gasteiger partial charge >= 0.3 is 0 Å². The first-order valence-corrected chi connectivity index (χ1v) is 21.2. The molecule has 10 amide bonds. The van der Waals surface area contributed by atoms with Crippen LogP contribution in [0.4, 0.5) is 0 Å². The summed E-state index contributed by atoms with van der Waals surface area (Å²) in [6.45, 7) is 14.0. The van der Waals surface area contributed by atoms with Gasteiger partial charge in [0.2, 0.25) is 59.6 Å². The van der Waals surface area contributed by atoms with Crippen molar-refractivity contribution in [2.24, 2.45) is 5.92 Å². The maximum Gasteiger partial charge on any atom is 0.247 e. The maximum atomic E-state index is 14.0. The number of rotatable bonds is 26. The summed E-state index contributed by atoms with van der Waals surface area (Å²) in [5, 5.41) is 34.0. The van der Waals surface area contributed by atoms with E-state index in [0.29, 0.717) is 19.1 Å². The Balaban J connectivity index is 5.90. The Hall–Kier alpha value is -5.97. The molecule has 0 saturated heterocycles. The number of carbonyl (C=O) groups excluding carboxylic acids is 11. The number of aliphatic hydroxyl groups is 2. The van der Waals surface area contributed by atoms with Crippen LogP contribution >= 0.6 is 0 Å². The number of nitrogens with zero attached hydrogens (tertiary/aromatic N) is 5. The number of aldehydes is 1. The van der Waals surface area contributed by atoms with Crippen LogP contribution in [0.1, 0.15) is 75.7 Å². The van der Waals surface area contributed by atoms with Crippen molar-refractivity contribution in [2.45, 2.75) is 142 Å². The summed E-state index contributed by atoms with van der Waals surface area (Å²) in [4.78, 5) is 146. The molecule has 0 aromatic carbocycles. The predicted molar refractivity (Wildman–Crippen MR) is 237 cm³/mol. The minimum Gasteiger partial charge on any atom is -0.391 e. The van der Waals surface area contributed by atoms with E-state index in [1.165, 1.54) is 90.6 Å². The summed E-state index contributed by atoms with van der Waals surface area (Å²) in [6.07, 6.45) is 1.65. The number of aliphatic hydroxyl groups excluding tert-OH is 2. The van der Waals surface area contributed by atoms with Crippen LogP contribution in [0.25, 0.3) is 0 Å². The second kappa shape index (κ2) is 27.4. The molecular formula is C42H72N10O13. The van der Waals surface area contributed by atoms with Crippen molar-refractivity contribution in [1.29, 1.82) is 0 Å². The number of likely N-dealkylation sites (N-methyl/N-ethyl adjacent to an activating group) is 5. The molecule has 65 heavy (non-hydrogen) atoms. The predicted octanol–water partition coefficient (Wildman–Crippen LogP) is -3.51. The highest BCUT2D eigenvalue weighted by Crippen LogP contribution is 2.19. The van der Waals surface area contributed by atoms with Crippen LogP contribution in [0.2, 0.25) is 0 Å². The van der Waals surface area contributed by atoms with E-state index in [2.05, 4.69) is 26.6 Å². The zero-order valence-corrected chi connectivity index (χ0v) is 40.3. The first-order chi connectivity index (χ1) is 30.0. The highest BCUT2D eigenvalue weighted by Gasteiger charge is 2.42. The van der Waals surface area contributed by atoms with Gasteiger partial charge in [-0.3, -0.25) is 47.9 Å². The Morgan fingerprint density at radius 2 is 0.954 bits per heavy atom. The number of hydrogen-bond donors (Lipinski definition) is 7. The fraction of sp³-hybridized carbons (Fsp3) is 0.690. The SMILES string of the molecule is C/C=C/CC(C)C(O)C(C(=O)NC(C(=O)N(C)CC=O)C(C)O)N(C)C(=O)C(C)N(C)C(=O)C(C)NC(=O)C(C)N(C)C(=O)C(C)NC(=O)C(C)NC(=O)C(C)N(C)C(=O)C(C)NC=O. The maximum absolute atomic E-state index is 14.0. The minimum atomic E-state index is -1.63. The number of hydrogen-bond acceptors (Lipinski definition) is 13. The van der Waals surface area contributed by atoms with Gasteiger partial charge in [-0.25, -0.2) is 0 Å². The molecule has 0 aromatic heterocycles. The van der Waals surface area contributed by atoms with E-state index < -0.39 is 126 Å². The molecule has 0 aromatic rings. The second-order valence-electron chi connectivity index (χ2n) is 16.4. The van der Waals surface area contributed by atoms with Crippen molar-refractivity contribution in [1.82, 2.24) is 51.1 Å². The van der Waals surface area contributed by atoms with E-state index in [9.17, 15) is 63.0 Å². The fourth-order valence-electron chi connectivity index (χ4n) is 6.23. The second-order valence-corrected chi connectivity index (χ2v) is 16.4. The highest BCUT2D eigenvalue weighted by molar-refractivity contribution is 5.98. The van der Waals surface area contributed by atoms with E-state index in [1.807, 2.05) is 0 Å². The van der Waals surface area contributed by atoms with Gasteiger partial charge in [0.1, 0.15) is 60.7 Å². The van der Waals surface area contributed by atoms with Gasteiger partial charge < -0.3 is 66.1 Å². The molecule has 0 bridgehead atoms. The molecule has 23 heteroatoms. The van der Waals surface area contributed by atoms with Gasteiger partial charge in [-0.15, -0.1) is 0 Å². The van der Waals surface area contributed by atoms with E-state index in [4.69, 9.17) is 0 Å². The van der Waals surface area contributed by atoms with Crippen molar-refractivity contribution in [3.8, 4) is 0 Å². The van der Waals surface area contributed by atoms with Crippen LogP contribution in [-0.2, 0) is 52.7 Å². The Labute approximate surface area is 381 Å². The molecule has 7 N–H and O–H groups in total. The molecule has 0 spiro atoms. The summed E-state index contributed by atoms with van der Waals surface area (Å²) < 4.78 is 0. The third-order valence-corrected chi connectivity index (χ3v) is 11.3. The Kier molecular flexibility index (Phi) is 24.9. The number of allylic oxidation sites excluding steroid dienone is 2. The molecule has 23 nitrogen and oxygen atoms in total. The summed E-state index contributed by atoms with van der Waals surface area (Å²) in [6, 6.07) is -11.2. The molecular weight excluding hydrogens is 853 g/mol. The monoisotopic (exact) mass is 925 g/mol. The minimum absolute atomic E-state index is 0.299. The van der Waals surface area contributed by atoms with Crippen molar-refractivity contribution < 1.29 is 63.0 Å². The van der Waals surface area contributed by atoms with E-state index in [-0.39, 0.29) is 6.54 Å². The van der Waals surface area contributed by atoms with Crippen LogP contribution in [0.3, 0.4) is 0 Å². The molecule has 0 aliphatic heterocycles. The molecule has 0 aliphatic carbocycles. The highest BCUT2D eigenvalue weighted by atomic mass is 16.3. The summed E-state index contributed by atoms with van der Waals surface area (Å²) in [5.74, 6) is -7.41. The molecule has 368 valence electrons. The van der Waals surface area contributed by atoms with Gasteiger partial charge in [-0.2, -0.15) is 0 Å². The van der Waals surface area contributed by atoms with Gasteiger partial charge in [0.05, 0.1) is 18.8 Å². The fourth-order valence-corrected chi connectivity index (χ4v) is 6.23. The van der Waals surface area contributed by atoms with E-state index in [1.54, 1.807) is 26.0 Å². The van der Waals surface area contributed by atoms with E-state index >= 15 is 0 Å². The number of nitrogens with one attached hydrogen (secondary N) is 5. The topological polar surface area (TPSA) is 305 Å². The lowest BCUT2D eigenvalue weighted by Gasteiger charge is -2.38. The standard InChI is InChI=1S/C42H72N10O13/c1-16-17-18-22(2)33(56)32(37(60)47-31(30(10)55)42(65)48(11)19-20-53)52(15)41(64)29(9)51(14)40(63)26(6)46-36(59)28(8)50(13)39(62)25(5)45-34(57)23(3)44-35(58)27(7)49(12)38(61)24(4)43-21-54/h16-17,20-33,55-56H,18-19H2,1-15H3,(H,43,54)(H,44,58)(H,45,57)(H,46,59)(H,47,60)/b17-16+. The largest absolute Gasteiger partial charge is 0.391 e. The summed E-state index contributed by atoms with van der Waals surface area (Å²) in [7, 11) is 6.46. The molecule has 12 unspecified atom stereocenters. The molecule has 0 fully saturated rings. The van der Waals surface area contributed by atoms with Gasteiger partial charge in [0.15, 0.2) is 0 Å². The van der Waals surface area contributed by atoms with Gasteiger partial charge in [0.25, 0.3) is 0 Å². The van der Waals surface area contributed by atoms with Gasteiger partial charge in [0, 0.05) is 35.2 Å². The zero-order valence-electron chi connectivity index (χ0n) is 40.3. The average Bonchev–Trinajstić information content (AvgIpc) is 3.26. The normalized spacial score (nSPS) is 16.7. The lowest BCUT2D eigenvalue weighted by atomic mass is 9.92. The average molecular weight is 925 g/mol. The van der Waals surface area contributed by atoms with Crippen LogP contribution in [0, 0.1) is 5.92 Å². The number of carbonyl (C=O) groups is 11. The van der Waals surface area contributed by atoms with Crippen LogP contribution < -0.4 is 26.6 Å². The quantitative estimate of drug-likeness (QED) is 0.0328. The van der Waals surface area contributed by atoms with Gasteiger partial charge in [-0.1, -0.05) is 19.1 Å². The molecule has 0 saturated carbocycles.